The highest BCUT2D eigenvalue weighted by atomic mass is 16.3. The second-order valence-corrected chi connectivity index (χ2v) is 5.28. The molecule has 2 aromatic carbocycles. The van der Waals surface area contributed by atoms with E-state index in [1.54, 1.807) is 24.3 Å². The first-order chi connectivity index (χ1) is 11.2. The zero-order valence-electron chi connectivity index (χ0n) is 12.5. The Morgan fingerprint density at radius 3 is 2.48 bits per heavy atom. The molecular weight excluding hydrogens is 292 g/mol. The molecule has 0 aliphatic heterocycles. The number of hydrogen-bond acceptors (Lipinski definition) is 4. The molecule has 5 heteroatoms. The van der Waals surface area contributed by atoms with Crippen molar-refractivity contribution in [2.45, 2.75) is 19.4 Å². The van der Waals surface area contributed by atoms with E-state index in [4.69, 9.17) is 0 Å². The maximum Gasteiger partial charge on any atom is 0.184 e. The van der Waals surface area contributed by atoms with E-state index in [9.17, 15) is 14.7 Å². The van der Waals surface area contributed by atoms with Gasteiger partial charge >= 0.3 is 0 Å². The summed E-state index contributed by atoms with van der Waals surface area (Å²) in [6.07, 6.45) is 0.185. The third kappa shape index (κ3) is 3.05. The molecule has 5 nitrogen and oxygen atoms in total. The number of benzene rings is 2. The second kappa shape index (κ2) is 6.54. The van der Waals surface area contributed by atoms with Crippen LogP contribution in [0.15, 0.2) is 48.5 Å². The Kier molecular flexibility index (Phi) is 4.30. The number of fused-ring (bicyclic) bond motifs is 1. The summed E-state index contributed by atoms with van der Waals surface area (Å²) in [5.41, 5.74) is 2.21. The zero-order valence-corrected chi connectivity index (χ0v) is 12.5. The van der Waals surface area contributed by atoms with Gasteiger partial charge in [0.25, 0.3) is 0 Å². The van der Waals surface area contributed by atoms with Crippen LogP contribution in [0.5, 0.6) is 0 Å². The Bertz CT molecular complexity index is 867. The topological polar surface area (TPSA) is 83.0 Å². The lowest BCUT2D eigenvalue weighted by molar-refractivity contribution is 0.0914. The van der Waals surface area contributed by atoms with E-state index in [1.165, 1.54) is 0 Å². The Hall–Kier alpha value is -2.79. The van der Waals surface area contributed by atoms with Gasteiger partial charge in [-0.15, -0.1) is 0 Å². The summed E-state index contributed by atoms with van der Waals surface area (Å²) in [5, 5.41) is 16.9. The van der Waals surface area contributed by atoms with Crippen molar-refractivity contribution < 1.29 is 14.7 Å². The predicted molar refractivity (Wildman–Crippen MR) is 86.4 cm³/mol. The number of aromatic nitrogens is 2. The summed E-state index contributed by atoms with van der Waals surface area (Å²) in [7, 11) is 0. The molecule has 0 fully saturated rings. The Labute approximate surface area is 133 Å². The fourth-order valence-electron chi connectivity index (χ4n) is 2.59. The number of hydrogen-bond donors (Lipinski definition) is 2. The third-order valence-corrected chi connectivity index (χ3v) is 3.80. The zero-order chi connectivity index (χ0) is 16.2. The van der Waals surface area contributed by atoms with Gasteiger partial charge in [0.1, 0.15) is 5.69 Å². The highest BCUT2D eigenvalue weighted by Gasteiger charge is 2.17. The van der Waals surface area contributed by atoms with E-state index in [2.05, 4.69) is 10.2 Å². The molecule has 0 bridgehead atoms. The van der Waals surface area contributed by atoms with Crippen molar-refractivity contribution in [3.05, 3.63) is 65.4 Å². The number of rotatable bonds is 6. The van der Waals surface area contributed by atoms with E-state index in [-0.39, 0.29) is 31.0 Å². The summed E-state index contributed by atoms with van der Waals surface area (Å²) < 4.78 is 0. The van der Waals surface area contributed by atoms with Gasteiger partial charge in [-0.25, -0.2) is 0 Å². The molecule has 23 heavy (non-hydrogen) atoms. The highest BCUT2D eigenvalue weighted by molar-refractivity contribution is 6.08. The maximum absolute atomic E-state index is 12.3. The van der Waals surface area contributed by atoms with Crippen molar-refractivity contribution in [1.29, 1.82) is 0 Å². The molecule has 1 aromatic heterocycles. The molecule has 0 saturated heterocycles. The van der Waals surface area contributed by atoms with E-state index < -0.39 is 0 Å². The number of H-pyrrole nitrogens is 1. The normalized spacial score (nSPS) is 10.8. The number of aliphatic hydroxyl groups excluding tert-OH is 1. The molecule has 2 N–H and O–H groups in total. The van der Waals surface area contributed by atoms with Crippen LogP contribution in [0.4, 0.5) is 0 Å². The minimum Gasteiger partial charge on any atom is -0.392 e. The maximum atomic E-state index is 12.3. The molecule has 0 saturated carbocycles. The molecule has 0 radical (unpaired) electrons. The number of nitrogens with zero attached hydrogens (tertiary/aromatic N) is 1. The second-order valence-electron chi connectivity index (χ2n) is 5.28. The van der Waals surface area contributed by atoms with Gasteiger partial charge in [0.05, 0.1) is 12.1 Å². The molecule has 0 atom stereocenters. The molecule has 0 aliphatic rings. The Morgan fingerprint density at radius 2 is 1.65 bits per heavy atom. The van der Waals surface area contributed by atoms with Crippen molar-refractivity contribution in [3.63, 3.8) is 0 Å². The van der Waals surface area contributed by atoms with E-state index in [0.717, 1.165) is 10.9 Å². The molecule has 0 unspecified atom stereocenters. The molecule has 3 aromatic rings. The number of carbonyl (C=O) groups excluding carboxylic acids is 2. The van der Waals surface area contributed by atoms with Crippen molar-refractivity contribution in [2.24, 2.45) is 0 Å². The average Bonchev–Trinajstić information content (AvgIpc) is 3.03. The summed E-state index contributed by atoms with van der Waals surface area (Å²) in [6, 6.07) is 14.3. The summed E-state index contributed by atoms with van der Waals surface area (Å²) in [6.45, 7) is -0.195. The quantitative estimate of drug-likeness (QED) is 0.686. The minimum atomic E-state index is -0.195. The monoisotopic (exact) mass is 308 g/mol. The van der Waals surface area contributed by atoms with Crippen molar-refractivity contribution >= 4 is 22.5 Å². The Balaban J connectivity index is 1.73. The largest absolute Gasteiger partial charge is 0.392 e. The third-order valence-electron chi connectivity index (χ3n) is 3.80. The van der Waals surface area contributed by atoms with Gasteiger partial charge in [0.2, 0.25) is 0 Å². The number of ketones is 2. The lowest BCUT2D eigenvalue weighted by atomic mass is 9.99. The van der Waals surface area contributed by atoms with Gasteiger partial charge in [-0.2, -0.15) is 5.10 Å². The first-order valence-corrected chi connectivity index (χ1v) is 7.39. The van der Waals surface area contributed by atoms with Crippen LogP contribution in [0.1, 0.15) is 39.3 Å². The van der Waals surface area contributed by atoms with Crippen LogP contribution >= 0.6 is 0 Å². The van der Waals surface area contributed by atoms with Gasteiger partial charge in [0.15, 0.2) is 11.6 Å². The minimum absolute atomic E-state index is 0.0907. The van der Waals surface area contributed by atoms with Crippen LogP contribution in [0, 0.1) is 0 Å². The number of nitrogens with one attached hydrogen (secondary N) is 1. The average molecular weight is 308 g/mol. The van der Waals surface area contributed by atoms with Crippen LogP contribution in [0.25, 0.3) is 10.9 Å². The molecule has 0 spiro atoms. The van der Waals surface area contributed by atoms with Gasteiger partial charge in [0, 0.05) is 23.8 Å². The fourth-order valence-corrected chi connectivity index (χ4v) is 2.59. The fraction of sp³-hybridized carbons (Fsp3) is 0.167. The van der Waals surface area contributed by atoms with Crippen LogP contribution in [-0.4, -0.2) is 26.9 Å². The number of aromatic amines is 1. The lowest BCUT2D eigenvalue weighted by Gasteiger charge is -2.05. The van der Waals surface area contributed by atoms with E-state index in [1.807, 2.05) is 24.3 Å². The smallest absolute Gasteiger partial charge is 0.184 e. The van der Waals surface area contributed by atoms with Crippen LogP contribution < -0.4 is 0 Å². The molecule has 116 valence electrons. The van der Waals surface area contributed by atoms with Crippen LogP contribution in [-0.2, 0) is 6.61 Å². The number of para-hydroxylation sites is 1. The van der Waals surface area contributed by atoms with Crippen LogP contribution in [0.3, 0.4) is 0 Å². The van der Waals surface area contributed by atoms with Crippen molar-refractivity contribution in [3.8, 4) is 0 Å². The first kappa shape index (κ1) is 15.1. The van der Waals surface area contributed by atoms with Gasteiger partial charge in [-0.3, -0.25) is 14.7 Å². The van der Waals surface area contributed by atoms with Gasteiger partial charge < -0.3 is 5.11 Å². The molecule has 3 rings (SSSR count). The lowest BCUT2D eigenvalue weighted by Crippen LogP contribution is -2.08. The van der Waals surface area contributed by atoms with Gasteiger partial charge in [-0.1, -0.05) is 42.5 Å². The standard InChI is InChI=1S/C18H16N2O3/c21-11-12-5-1-2-6-13(12)16(22)9-10-17(23)18-14-7-3-4-8-15(14)19-20-18/h1-8,21H,9-11H2,(H,19,20). The highest BCUT2D eigenvalue weighted by Crippen LogP contribution is 2.18. The number of aliphatic hydroxyl groups is 1. The molecular formula is C18H16N2O3. The number of Topliss-reactive ketones (excluding diaryl/α,β-unsaturated/α-hetero) is 2. The SMILES string of the molecule is O=C(CCC(=O)c1n[nH]c2ccccc12)c1ccccc1CO. The molecule has 0 aliphatic carbocycles. The molecule has 1 heterocycles. The Morgan fingerprint density at radius 1 is 0.957 bits per heavy atom. The van der Waals surface area contributed by atoms with Crippen molar-refractivity contribution in [2.75, 3.05) is 0 Å². The summed E-state index contributed by atoms with van der Waals surface area (Å²) in [5.74, 6) is -0.319. The van der Waals surface area contributed by atoms with E-state index in [0.29, 0.717) is 16.8 Å². The van der Waals surface area contributed by atoms with Crippen LogP contribution in [0.2, 0.25) is 0 Å². The van der Waals surface area contributed by atoms with E-state index >= 15 is 0 Å². The summed E-state index contributed by atoms with van der Waals surface area (Å²) >= 11 is 0. The van der Waals surface area contributed by atoms with Crippen molar-refractivity contribution in [1.82, 2.24) is 10.2 Å². The molecule has 0 amide bonds. The van der Waals surface area contributed by atoms with Gasteiger partial charge in [-0.05, 0) is 11.6 Å². The number of carbonyl (C=O) groups is 2. The summed E-state index contributed by atoms with van der Waals surface area (Å²) in [4.78, 5) is 24.6. The predicted octanol–water partition coefficient (Wildman–Crippen LogP) is 2.90. The first-order valence-electron chi connectivity index (χ1n) is 7.39.